The number of benzene rings is 1. The number of fused-ring (bicyclic) bond motifs is 2. The van der Waals surface area contributed by atoms with Gasteiger partial charge in [0, 0.05) is 56.1 Å². The Morgan fingerprint density at radius 2 is 1.79 bits per heavy atom. The summed E-state index contributed by atoms with van der Waals surface area (Å²) in [6, 6.07) is 3.69. The number of likely N-dealkylation sites (N-methyl/N-ethyl adjacent to an activating group) is 1. The van der Waals surface area contributed by atoms with Crippen molar-refractivity contribution in [1.82, 2.24) is 20.0 Å². The average Bonchev–Trinajstić information content (AvgIpc) is 3.15. The maximum Gasteiger partial charge on any atom is 0.340 e. The number of rotatable bonds is 7. The summed E-state index contributed by atoms with van der Waals surface area (Å²) in [6.45, 7) is 7.84. The van der Waals surface area contributed by atoms with Gasteiger partial charge in [0.25, 0.3) is 0 Å². The molecule has 2 amide bonds. The number of amides is 2. The second-order valence-corrected chi connectivity index (χ2v) is 9.24. The zero-order valence-corrected chi connectivity index (χ0v) is 20.3. The van der Waals surface area contributed by atoms with Crippen LogP contribution in [0.1, 0.15) is 16.7 Å². The smallest absolute Gasteiger partial charge is 0.340 e. The van der Waals surface area contributed by atoms with Crippen LogP contribution in [0.25, 0.3) is 21.9 Å². The molecular weight excluding hydrogens is 436 g/mol. The van der Waals surface area contributed by atoms with Crippen LogP contribution in [0.4, 0.5) is 0 Å². The van der Waals surface area contributed by atoms with E-state index >= 15 is 0 Å². The molecule has 9 heteroatoms. The molecule has 0 atom stereocenters. The fourth-order valence-electron chi connectivity index (χ4n) is 4.34. The molecule has 1 aliphatic heterocycles. The summed E-state index contributed by atoms with van der Waals surface area (Å²) >= 11 is 0. The van der Waals surface area contributed by atoms with Crippen molar-refractivity contribution in [3.05, 3.63) is 45.5 Å². The summed E-state index contributed by atoms with van der Waals surface area (Å²) in [5.41, 5.74) is 2.79. The SMILES string of the molecule is Cc1coc2cc3oc(=O)c(CC(=O)N4CCN(CC(=O)NCCN(C)C)CC4)c(C)c3cc12. The predicted octanol–water partition coefficient (Wildman–Crippen LogP) is 1.52. The molecule has 0 spiro atoms. The van der Waals surface area contributed by atoms with Crippen LogP contribution in [-0.2, 0) is 16.0 Å². The summed E-state index contributed by atoms with van der Waals surface area (Å²) in [5.74, 6) is -0.113. The summed E-state index contributed by atoms with van der Waals surface area (Å²) in [5, 5.41) is 4.69. The van der Waals surface area contributed by atoms with E-state index < -0.39 is 5.63 Å². The third kappa shape index (κ3) is 5.15. The van der Waals surface area contributed by atoms with Crippen LogP contribution in [0.15, 0.2) is 32.0 Å². The molecule has 34 heavy (non-hydrogen) atoms. The standard InChI is InChI=1S/C25H32N4O5/c1-16-15-33-21-13-22-19(11-18(16)21)17(2)20(25(32)34-22)12-24(31)29-9-7-28(8-10-29)14-23(30)26-5-6-27(3)4/h11,13,15H,5-10,12,14H2,1-4H3,(H,26,30). The van der Waals surface area contributed by atoms with Gasteiger partial charge in [-0.05, 0) is 45.1 Å². The Kier molecular flexibility index (Phi) is 7.04. The largest absolute Gasteiger partial charge is 0.464 e. The van der Waals surface area contributed by atoms with Gasteiger partial charge in [0.05, 0.1) is 24.8 Å². The quantitative estimate of drug-likeness (QED) is 0.525. The second-order valence-electron chi connectivity index (χ2n) is 9.24. The Morgan fingerprint density at radius 1 is 1.06 bits per heavy atom. The first-order valence-electron chi connectivity index (χ1n) is 11.6. The van der Waals surface area contributed by atoms with Crippen LogP contribution in [-0.4, -0.2) is 86.4 Å². The highest BCUT2D eigenvalue weighted by Crippen LogP contribution is 2.29. The Bertz CT molecular complexity index is 1270. The zero-order valence-electron chi connectivity index (χ0n) is 20.3. The maximum atomic E-state index is 13.0. The molecule has 0 unspecified atom stereocenters. The van der Waals surface area contributed by atoms with E-state index in [1.165, 1.54) is 0 Å². The van der Waals surface area contributed by atoms with Gasteiger partial charge in [-0.25, -0.2) is 4.79 Å². The van der Waals surface area contributed by atoms with Crippen molar-refractivity contribution >= 4 is 33.8 Å². The lowest BCUT2D eigenvalue weighted by Gasteiger charge is -2.34. The minimum atomic E-state index is -0.492. The van der Waals surface area contributed by atoms with Crippen LogP contribution in [0.3, 0.4) is 0 Å². The van der Waals surface area contributed by atoms with Gasteiger partial charge in [0.1, 0.15) is 11.2 Å². The van der Waals surface area contributed by atoms with Gasteiger partial charge in [-0.3, -0.25) is 14.5 Å². The third-order valence-electron chi connectivity index (χ3n) is 6.48. The van der Waals surface area contributed by atoms with Crippen molar-refractivity contribution < 1.29 is 18.4 Å². The minimum absolute atomic E-state index is 0.00245. The first kappa shape index (κ1) is 24.0. The predicted molar refractivity (Wildman–Crippen MR) is 130 cm³/mol. The molecule has 1 N–H and O–H groups in total. The number of carbonyl (C=O) groups is 2. The van der Waals surface area contributed by atoms with Crippen molar-refractivity contribution in [3.8, 4) is 0 Å². The highest BCUT2D eigenvalue weighted by atomic mass is 16.4. The normalized spacial score (nSPS) is 14.9. The summed E-state index contributed by atoms with van der Waals surface area (Å²) in [7, 11) is 3.93. The van der Waals surface area contributed by atoms with E-state index in [0.717, 1.165) is 28.4 Å². The lowest BCUT2D eigenvalue weighted by molar-refractivity contribution is -0.132. The van der Waals surface area contributed by atoms with Gasteiger partial charge in [0.15, 0.2) is 0 Å². The highest BCUT2D eigenvalue weighted by Gasteiger charge is 2.24. The molecule has 1 saturated heterocycles. The minimum Gasteiger partial charge on any atom is -0.464 e. The summed E-state index contributed by atoms with van der Waals surface area (Å²) < 4.78 is 11.1. The summed E-state index contributed by atoms with van der Waals surface area (Å²) in [6.07, 6.45) is 1.67. The molecular formula is C25H32N4O5. The van der Waals surface area contributed by atoms with Gasteiger partial charge in [-0.1, -0.05) is 0 Å². The molecule has 2 aromatic heterocycles. The number of hydrogen-bond acceptors (Lipinski definition) is 7. The fraction of sp³-hybridized carbons (Fsp3) is 0.480. The number of furan rings is 1. The summed E-state index contributed by atoms with van der Waals surface area (Å²) in [4.78, 5) is 43.6. The van der Waals surface area contributed by atoms with Gasteiger partial charge in [-0.15, -0.1) is 0 Å². The molecule has 3 heterocycles. The molecule has 1 fully saturated rings. The molecule has 0 saturated carbocycles. The Morgan fingerprint density at radius 3 is 2.50 bits per heavy atom. The molecule has 0 bridgehead atoms. The van der Waals surface area contributed by atoms with Crippen LogP contribution in [0, 0.1) is 13.8 Å². The number of nitrogens with one attached hydrogen (secondary N) is 1. The molecule has 3 aromatic rings. The highest BCUT2D eigenvalue weighted by molar-refractivity contribution is 5.96. The van der Waals surface area contributed by atoms with E-state index in [4.69, 9.17) is 8.83 Å². The number of aryl methyl sites for hydroxylation is 2. The van der Waals surface area contributed by atoms with Crippen molar-refractivity contribution in [2.75, 3.05) is 59.9 Å². The number of piperazine rings is 1. The van der Waals surface area contributed by atoms with Crippen LogP contribution >= 0.6 is 0 Å². The number of nitrogens with zero attached hydrogens (tertiary/aromatic N) is 3. The van der Waals surface area contributed by atoms with Crippen molar-refractivity contribution in [2.24, 2.45) is 0 Å². The third-order valence-corrected chi connectivity index (χ3v) is 6.48. The average molecular weight is 469 g/mol. The first-order chi connectivity index (χ1) is 16.2. The van der Waals surface area contributed by atoms with Crippen molar-refractivity contribution in [1.29, 1.82) is 0 Å². The van der Waals surface area contributed by atoms with E-state index in [9.17, 15) is 14.4 Å². The molecule has 1 aromatic carbocycles. The van der Waals surface area contributed by atoms with Crippen LogP contribution in [0.5, 0.6) is 0 Å². The molecule has 182 valence electrons. The molecule has 9 nitrogen and oxygen atoms in total. The van der Waals surface area contributed by atoms with E-state index in [0.29, 0.717) is 56.0 Å². The van der Waals surface area contributed by atoms with Crippen LogP contribution in [0.2, 0.25) is 0 Å². The molecule has 0 radical (unpaired) electrons. The fourth-order valence-corrected chi connectivity index (χ4v) is 4.34. The van der Waals surface area contributed by atoms with Crippen molar-refractivity contribution in [3.63, 3.8) is 0 Å². The van der Waals surface area contributed by atoms with E-state index in [-0.39, 0.29) is 18.2 Å². The van der Waals surface area contributed by atoms with E-state index in [1.807, 2.05) is 43.8 Å². The Balaban J connectivity index is 1.39. The lowest BCUT2D eigenvalue weighted by atomic mass is 10.0. The number of carbonyl (C=O) groups excluding carboxylic acids is 2. The maximum absolute atomic E-state index is 13.0. The van der Waals surface area contributed by atoms with Gasteiger partial charge in [-0.2, -0.15) is 0 Å². The molecule has 4 rings (SSSR count). The Hall–Kier alpha value is -3.17. The molecule has 0 aliphatic carbocycles. The molecule has 1 aliphatic rings. The van der Waals surface area contributed by atoms with Crippen molar-refractivity contribution in [2.45, 2.75) is 20.3 Å². The first-order valence-corrected chi connectivity index (χ1v) is 11.6. The van der Waals surface area contributed by atoms with Gasteiger partial charge >= 0.3 is 5.63 Å². The van der Waals surface area contributed by atoms with Gasteiger partial charge < -0.3 is 24.0 Å². The monoisotopic (exact) mass is 468 g/mol. The van der Waals surface area contributed by atoms with Gasteiger partial charge in [0.2, 0.25) is 11.8 Å². The topological polar surface area (TPSA) is 99.2 Å². The van der Waals surface area contributed by atoms with Crippen LogP contribution < -0.4 is 10.9 Å². The zero-order chi connectivity index (χ0) is 24.4. The van der Waals surface area contributed by atoms with E-state index in [2.05, 4.69) is 5.32 Å². The Labute approximate surface area is 198 Å². The second kappa shape index (κ2) is 9.99. The van der Waals surface area contributed by atoms with E-state index in [1.54, 1.807) is 17.2 Å². The number of hydrogen-bond donors (Lipinski definition) is 1. The lowest BCUT2D eigenvalue weighted by Crippen LogP contribution is -2.51.